The molecule has 0 fully saturated rings. The van der Waals surface area contributed by atoms with Crippen LogP contribution in [0.3, 0.4) is 0 Å². The number of methoxy groups -OCH3 is 1. The molecule has 2 amide bonds. The predicted molar refractivity (Wildman–Crippen MR) is 87.9 cm³/mol. The lowest BCUT2D eigenvalue weighted by molar-refractivity contribution is 0.259. The molecule has 2 aromatic rings. The Morgan fingerprint density at radius 2 is 1.86 bits per heavy atom. The Balaban J connectivity index is 1.91. The molecule has 0 radical (unpaired) electrons. The average Bonchev–Trinajstić information content (AvgIpc) is 2.49. The normalized spacial score (nSPS) is 10.3. The zero-order chi connectivity index (χ0) is 15.9. The Hall–Kier alpha value is -2.53. The number of carbonyl (C=O) groups excluding carboxylic acids is 1. The summed E-state index contributed by atoms with van der Waals surface area (Å²) in [4.78, 5) is 10.8. The lowest BCUT2D eigenvalue weighted by atomic mass is 10.1. The van der Waals surface area contributed by atoms with Crippen molar-refractivity contribution in [1.29, 1.82) is 0 Å². The Kier molecular flexibility index (Phi) is 5.38. The maximum atomic E-state index is 10.8. The molecule has 0 aliphatic heterocycles. The molecule has 5 heteroatoms. The van der Waals surface area contributed by atoms with E-state index in [0.717, 1.165) is 30.0 Å². The maximum absolute atomic E-state index is 10.8. The standard InChI is InChI=1S/C17H21N3O2/c1-12-3-8-16(22-2)14(9-12)11-19-10-13-4-6-15(7-5-13)20-17(18)21/h3-9,19H,10-11H2,1-2H3,(H3,18,20,21). The molecule has 116 valence electrons. The SMILES string of the molecule is COc1ccc(C)cc1CNCc1ccc(NC(N)=O)cc1. The van der Waals surface area contributed by atoms with E-state index in [4.69, 9.17) is 10.5 Å². The molecule has 0 saturated heterocycles. The molecular weight excluding hydrogens is 278 g/mol. The number of nitrogens with one attached hydrogen (secondary N) is 2. The van der Waals surface area contributed by atoms with Gasteiger partial charge in [0.1, 0.15) is 5.75 Å². The molecular formula is C17H21N3O2. The quantitative estimate of drug-likeness (QED) is 0.767. The van der Waals surface area contributed by atoms with Crippen LogP contribution in [0.4, 0.5) is 10.5 Å². The summed E-state index contributed by atoms with van der Waals surface area (Å²) in [6.07, 6.45) is 0. The third-order valence-electron chi connectivity index (χ3n) is 3.30. The van der Waals surface area contributed by atoms with Crippen molar-refractivity contribution in [3.8, 4) is 5.75 Å². The summed E-state index contributed by atoms with van der Waals surface area (Å²) >= 11 is 0. The van der Waals surface area contributed by atoms with E-state index >= 15 is 0 Å². The second-order valence-electron chi connectivity index (χ2n) is 5.11. The molecule has 0 heterocycles. The van der Waals surface area contributed by atoms with Crippen LogP contribution < -0.4 is 21.1 Å². The Morgan fingerprint density at radius 1 is 1.14 bits per heavy atom. The summed E-state index contributed by atoms with van der Waals surface area (Å²) in [6, 6.07) is 13.1. The first-order valence-electron chi connectivity index (χ1n) is 7.08. The molecule has 2 aromatic carbocycles. The van der Waals surface area contributed by atoms with Gasteiger partial charge in [-0.15, -0.1) is 0 Å². The highest BCUT2D eigenvalue weighted by Gasteiger charge is 2.03. The van der Waals surface area contributed by atoms with E-state index in [2.05, 4.69) is 23.6 Å². The third kappa shape index (κ3) is 4.49. The molecule has 5 nitrogen and oxygen atoms in total. The number of amides is 2. The topological polar surface area (TPSA) is 76.4 Å². The molecule has 22 heavy (non-hydrogen) atoms. The summed E-state index contributed by atoms with van der Waals surface area (Å²) in [5.74, 6) is 0.888. The zero-order valence-electron chi connectivity index (χ0n) is 12.8. The molecule has 0 spiro atoms. The van der Waals surface area contributed by atoms with E-state index in [1.807, 2.05) is 36.4 Å². The van der Waals surface area contributed by atoms with Crippen molar-refractivity contribution in [1.82, 2.24) is 5.32 Å². The van der Waals surface area contributed by atoms with E-state index in [0.29, 0.717) is 5.69 Å². The number of hydrogen-bond acceptors (Lipinski definition) is 3. The Labute approximate surface area is 130 Å². The number of carbonyl (C=O) groups is 1. The minimum atomic E-state index is -0.558. The molecule has 2 rings (SSSR count). The van der Waals surface area contributed by atoms with Crippen LogP contribution in [0.15, 0.2) is 42.5 Å². The minimum absolute atomic E-state index is 0.558. The first-order valence-corrected chi connectivity index (χ1v) is 7.08. The minimum Gasteiger partial charge on any atom is -0.496 e. The molecule has 0 aromatic heterocycles. The molecule has 0 atom stereocenters. The molecule has 0 unspecified atom stereocenters. The summed E-state index contributed by atoms with van der Waals surface area (Å²) in [5.41, 5.74) is 9.23. The van der Waals surface area contributed by atoms with E-state index in [1.165, 1.54) is 5.56 Å². The summed E-state index contributed by atoms with van der Waals surface area (Å²) in [7, 11) is 1.68. The van der Waals surface area contributed by atoms with Gasteiger partial charge in [-0.3, -0.25) is 0 Å². The predicted octanol–water partition coefficient (Wildman–Crippen LogP) is 2.78. The highest BCUT2D eigenvalue weighted by molar-refractivity contribution is 5.87. The lowest BCUT2D eigenvalue weighted by Crippen LogP contribution is -2.19. The zero-order valence-corrected chi connectivity index (χ0v) is 12.8. The largest absolute Gasteiger partial charge is 0.496 e. The van der Waals surface area contributed by atoms with Crippen LogP contribution in [-0.2, 0) is 13.1 Å². The molecule has 0 aliphatic carbocycles. The monoisotopic (exact) mass is 299 g/mol. The van der Waals surface area contributed by atoms with Crippen LogP contribution in [0.25, 0.3) is 0 Å². The smallest absolute Gasteiger partial charge is 0.316 e. The number of nitrogens with two attached hydrogens (primary N) is 1. The van der Waals surface area contributed by atoms with Crippen LogP contribution in [0.1, 0.15) is 16.7 Å². The van der Waals surface area contributed by atoms with Gasteiger partial charge in [0.2, 0.25) is 0 Å². The number of primary amides is 1. The van der Waals surface area contributed by atoms with Gasteiger partial charge in [0.25, 0.3) is 0 Å². The van der Waals surface area contributed by atoms with Crippen molar-refractivity contribution < 1.29 is 9.53 Å². The molecule has 0 saturated carbocycles. The van der Waals surface area contributed by atoms with Crippen molar-refractivity contribution in [2.75, 3.05) is 12.4 Å². The number of aryl methyl sites for hydroxylation is 1. The number of ether oxygens (including phenoxy) is 1. The number of hydrogen-bond donors (Lipinski definition) is 3. The number of rotatable bonds is 6. The van der Waals surface area contributed by atoms with Crippen molar-refractivity contribution in [2.45, 2.75) is 20.0 Å². The van der Waals surface area contributed by atoms with E-state index < -0.39 is 6.03 Å². The van der Waals surface area contributed by atoms with E-state index in [1.54, 1.807) is 7.11 Å². The fraction of sp³-hybridized carbons (Fsp3) is 0.235. The van der Waals surface area contributed by atoms with Crippen LogP contribution in [0.5, 0.6) is 5.75 Å². The van der Waals surface area contributed by atoms with E-state index in [-0.39, 0.29) is 0 Å². The number of benzene rings is 2. The summed E-state index contributed by atoms with van der Waals surface area (Å²) < 4.78 is 5.36. The first kappa shape index (κ1) is 15.9. The van der Waals surface area contributed by atoms with Crippen molar-refractivity contribution in [2.24, 2.45) is 5.73 Å². The van der Waals surface area contributed by atoms with Crippen LogP contribution >= 0.6 is 0 Å². The van der Waals surface area contributed by atoms with Gasteiger partial charge in [0.05, 0.1) is 7.11 Å². The van der Waals surface area contributed by atoms with Gasteiger partial charge < -0.3 is 21.1 Å². The van der Waals surface area contributed by atoms with Crippen molar-refractivity contribution in [3.05, 3.63) is 59.2 Å². The molecule has 0 bridgehead atoms. The Bertz CT molecular complexity index is 639. The van der Waals surface area contributed by atoms with Crippen LogP contribution in [0.2, 0.25) is 0 Å². The summed E-state index contributed by atoms with van der Waals surface area (Å²) in [5, 5.41) is 5.93. The average molecular weight is 299 g/mol. The number of anilines is 1. The van der Waals surface area contributed by atoms with Gasteiger partial charge in [-0.05, 0) is 30.7 Å². The van der Waals surface area contributed by atoms with Crippen molar-refractivity contribution in [3.63, 3.8) is 0 Å². The van der Waals surface area contributed by atoms with Gasteiger partial charge in [0, 0.05) is 24.3 Å². The summed E-state index contributed by atoms with van der Waals surface area (Å²) in [6.45, 7) is 3.52. The van der Waals surface area contributed by atoms with Gasteiger partial charge in [-0.25, -0.2) is 4.79 Å². The fourth-order valence-corrected chi connectivity index (χ4v) is 2.24. The number of urea groups is 1. The fourth-order valence-electron chi connectivity index (χ4n) is 2.24. The highest BCUT2D eigenvalue weighted by Crippen LogP contribution is 2.19. The molecule has 4 N–H and O–H groups in total. The van der Waals surface area contributed by atoms with Crippen LogP contribution in [-0.4, -0.2) is 13.1 Å². The van der Waals surface area contributed by atoms with Gasteiger partial charge >= 0.3 is 6.03 Å². The Morgan fingerprint density at radius 3 is 2.50 bits per heavy atom. The van der Waals surface area contributed by atoms with Gasteiger partial charge in [-0.1, -0.05) is 29.8 Å². The maximum Gasteiger partial charge on any atom is 0.316 e. The first-order chi connectivity index (χ1) is 10.6. The second kappa shape index (κ2) is 7.47. The van der Waals surface area contributed by atoms with Gasteiger partial charge in [0.15, 0.2) is 0 Å². The van der Waals surface area contributed by atoms with Gasteiger partial charge in [-0.2, -0.15) is 0 Å². The highest BCUT2D eigenvalue weighted by atomic mass is 16.5. The van der Waals surface area contributed by atoms with Crippen LogP contribution in [0, 0.1) is 6.92 Å². The second-order valence-corrected chi connectivity index (χ2v) is 5.11. The third-order valence-corrected chi connectivity index (χ3v) is 3.30. The van der Waals surface area contributed by atoms with E-state index in [9.17, 15) is 4.79 Å². The molecule has 0 aliphatic rings. The van der Waals surface area contributed by atoms with Crippen molar-refractivity contribution >= 4 is 11.7 Å². The lowest BCUT2D eigenvalue weighted by Gasteiger charge is -2.11.